The van der Waals surface area contributed by atoms with Crippen LogP contribution >= 0.6 is 0 Å². The van der Waals surface area contributed by atoms with E-state index in [1.807, 2.05) is 32.0 Å². The van der Waals surface area contributed by atoms with Gasteiger partial charge in [0.1, 0.15) is 28.4 Å². The van der Waals surface area contributed by atoms with Crippen LogP contribution in [0.1, 0.15) is 25.2 Å². The summed E-state index contributed by atoms with van der Waals surface area (Å²) in [6.45, 7) is 5.21. The predicted octanol–water partition coefficient (Wildman–Crippen LogP) is 4.15. The van der Waals surface area contributed by atoms with Crippen molar-refractivity contribution in [2.75, 3.05) is 13.2 Å². The number of aromatic amines is 1. The molecular formula is C19H22N2O2. The van der Waals surface area contributed by atoms with Gasteiger partial charge >= 0.3 is 0 Å². The van der Waals surface area contributed by atoms with Gasteiger partial charge in [-0.3, -0.25) is 0 Å². The monoisotopic (exact) mass is 310 g/mol. The van der Waals surface area contributed by atoms with E-state index < -0.39 is 0 Å². The summed E-state index contributed by atoms with van der Waals surface area (Å²) in [6, 6.07) is 14.3. The maximum atomic E-state index is 5.70. The molecular weight excluding hydrogens is 288 g/mol. The van der Waals surface area contributed by atoms with Gasteiger partial charge in [0, 0.05) is 6.42 Å². The lowest BCUT2D eigenvalue weighted by Crippen LogP contribution is -1.95. The molecule has 1 aromatic heterocycles. The van der Waals surface area contributed by atoms with E-state index in [4.69, 9.17) is 14.5 Å². The molecule has 3 rings (SSSR count). The van der Waals surface area contributed by atoms with E-state index in [2.05, 4.69) is 29.2 Å². The first-order valence-corrected chi connectivity index (χ1v) is 8.13. The number of nitrogens with zero attached hydrogens (tertiary/aromatic N) is 1. The smallest absolute Gasteiger partial charge is 0.147 e. The third-order valence-electron chi connectivity index (χ3n) is 3.71. The van der Waals surface area contributed by atoms with Gasteiger partial charge in [0.15, 0.2) is 0 Å². The van der Waals surface area contributed by atoms with Gasteiger partial charge in [-0.05, 0) is 38.0 Å². The van der Waals surface area contributed by atoms with Crippen molar-refractivity contribution >= 4 is 11.0 Å². The van der Waals surface area contributed by atoms with Crippen LogP contribution in [0, 0.1) is 0 Å². The third kappa shape index (κ3) is 3.47. The predicted molar refractivity (Wildman–Crippen MR) is 92.3 cm³/mol. The van der Waals surface area contributed by atoms with E-state index in [1.54, 1.807) is 0 Å². The number of imidazole rings is 1. The molecule has 0 unspecified atom stereocenters. The van der Waals surface area contributed by atoms with Gasteiger partial charge < -0.3 is 14.5 Å². The van der Waals surface area contributed by atoms with Gasteiger partial charge in [-0.2, -0.15) is 0 Å². The van der Waals surface area contributed by atoms with Crippen molar-refractivity contribution < 1.29 is 9.47 Å². The van der Waals surface area contributed by atoms with Crippen LogP contribution in [-0.4, -0.2) is 23.2 Å². The molecule has 0 amide bonds. The first kappa shape index (κ1) is 15.4. The molecule has 4 nitrogen and oxygen atoms in total. The van der Waals surface area contributed by atoms with Crippen LogP contribution < -0.4 is 9.47 Å². The molecule has 0 aliphatic carbocycles. The van der Waals surface area contributed by atoms with Crippen LogP contribution in [0.5, 0.6) is 11.5 Å². The van der Waals surface area contributed by atoms with Gasteiger partial charge in [-0.25, -0.2) is 4.98 Å². The van der Waals surface area contributed by atoms with Crippen molar-refractivity contribution in [1.82, 2.24) is 9.97 Å². The van der Waals surface area contributed by atoms with E-state index in [0.717, 1.165) is 41.2 Å². The summed E-state index contributed by atoms with van der Waals surface area (Å²) in [5.41, 5.74) is 3.07. The molecule has 0 bridgehead atoms. The number of aromatic nitrogens is 2. The Morgan fingerprint density at radius 3 is 2.30 bits per heavy atom. The van der Waals surface area contributed by atoms with E-state index in [9.17, 15) is 0 Å². The molecule has 0 aliphatic rings. The van der Waals surface area contributed by atoms with E-state index >= 15 is 0 Å². The van der Waals surface area contributed by atoms with Gasteiger partial charge in [0.25, 0.3) is 0 Å². The molecule has 23 heavy (non-hydrogen) atoms. The van der Waals surface area contributed by atoms with Crippen molar-refractivity contribution in [3.8, 4) is 11.5 Å². The summed E-state index contributed by atoms with van der Waals surface area (Å²) in [5, 5.41) is 0. The normalized spacial score (nSPS) is 10.9. The Morgan fingerprint density at radius 2 is 1.57 bits per heavy atom. The third-order valence-corrected chi connectivity index (χ3v) is 3.71. The number of ether oxygens (including phenoxy) is 2. The number of benzene rings is 2. The van der Waals surface area contributed by atoms with Crippen molar-refractivity contribution in [1.29, 1.82) is 0 Å². The number of aryl methyl sites for hydroxylation is 2. The number of hydrogen-bond acceptors (Lipinski definition) is 3. The number of fused-ring (bicyclic) bond motifs is 1. The highest BCUT2D eigenvalue weighted by Gasteiger charge is 2.13. The highest BCUT2D eigenvalue weighted by Crippen LogP contribution is 2.31. The zero-order valence-electron chi connectivity index (χ0n) is 13.6. The van der Waals surface area contributed by atoms with Gasteiger partial charge in [0.05, 0.1) is 13.2 Å². The zero-order valence-corrected chi connectivity index (χ0v) is 13.6. The zero-order chi connectivity index (χ0) is 16.1. The first-order chi connectivity index (χ1) is 11.3. The van der Waals surface area contributed by atoms with Gasteiger partial charge in [-0.15, -0.1) is 0 Å². The van der Waals surface area contributed by atoms with E-state index in [-0.39, 0.29) is 0 Å². The second-order valence-electron chi connectivity index (χ2n) is 5.32. The summed E-state index contributed by atoms with van der Waals surface area (Å²) in [7, 11) is 0. The lowest BCUT2D eigenvalue weighted by Gasteiger charge is -2.07. The Hall–Kier alpha value is -2.49. The Kier molecular flexibility index (Phi) is 4.81. The van der Waals surface area contributed by atoms with Crippen LogP contribution in [0.3, 0.4) is 0 Å². The van der Waals surface area contributed by atoms with Crippen molar-refractivity contribution in [3.63, 3.8) is 0 Å². The summed E-state index contributed by atoms with van der Waals surface area (Å²) in [4.78, 5) is 8.13. The summed E-state index contributed by atoms with van der Waals surface area (Å²) < 4.78 is 11.4. The quantitative estimate of drug-likeness (QED) is 0.713. The molecule has 0 aliphatic heterocycles. The summed E-state index contributed by atoms with van der Waals surface area (Å²) in [6.07, 6.45) is 1.81. The average molecular weight is 310 g/mol. The Morgan fingerprint density at radius 1 is 0.870 bits per heavy atom. The van der Waals surface area contributed by atoms with Crippen LogP contribution in [0.25, 0.3) is 11.0 Å². The van der Waals surface area contributed by atoms with Gasteiger partial charge in [0.2, 0.25) is 0 Å². The average Bonchev–Trinajstić information content (AvgIpc) is 3.01. The minimum atomic E-state index is 0.620. The second kappa shape index (κ2) is 7.18. The molecule has 0 atom stereocenters. The summed E-state index contributed by atoms with van der Waals surface area (Å²) >= 11 is 0. The molecule has 2 aromatic carbocycles. The minimum absolute atomic E-state index is 0.620. The number of rotatable bonds is 7. The molecule has 0 spiro atoms. The lowest BCUT2D eigenvalue weighted by atomic mass is 10.1. The highest BCUT2D eigenvalue weighted by molar-refractivity contribution is 5.87. The Labute approximate surface area is 136 Å². The standard InChI is InChI=1S/C19H22N2O2/c1-3-22-15-11-12-16(23-4-2)19-18(15)20-17(21-19)13-10-14-8-6-5-7-9-14/h5-9,11-12H,3-4,10,13H2,1-2H3,(H,20,21). The van der Waals surface area contributed by atoms with Crippen molar-refractivity contribution in [3.05, 3.63) is 53.9 Å². The van der Waals surface area contributed by atoms with Crippen molar-refractivity contribution in [2.24, 2.45) is 0 Å². The minimum Gasteiger partial charge on any atom is -0.492 e. The molecule has 1 N–H and O–H groups in total. The van der Waals surface area contributed by atoms with Crippen LogP contribution in [0.2, 0.25) is 0 Å². The maximum absolute atomic E-state index is 5.70. The molecule has 0 saturated carbocycles. The fourth-order valence-electron chi connectivity index (χ4n) is 2.67. The topological polar surface area (TPSA) is 47.1 Å². The highest BCUT2D eigenvalue weighted by atomic mass is 16.5. The number of hydrogen-bond donors (Lipinski definition) is 1. The second-order valence-corrected chi connectivity index (χ2v) is 5.32. The fraction of sp³-hybridized carbons (Fsp3) is 0.316. The van der Waals surface area contributed by atoms with Crippen LogP contribution in [-0.2, 0) is 12.8 Å². The molecule has 0 radical (unpaired) electrons. The molecule has 0 saturated heterocycles. The molecule has 0 fully saturated rings. The first-order valence-electron chi connectivity index (χ1n) is 8.13. The van der Waals surface area contributed by atoms with Crippen LogP contribution in [0.15, 0.2) is 42.5 Å². The summed E-state index contributed by atoms with van der Waals surface area (Å²) in [5.74, 6) is 2.58. The van der Waals surface area contributed by atoms with Crippen molar-refractivity contribution in [2.45, 2.75) is 26.7 Å². The number of H-pyrrole nitrogens is 1. The molecule has 4 heteroatoms. The van der Waals surface area contributed by atoms with E-state index in [1.165, 1.54) is 5.56 Å². The molecule has 3 aromatic rings. The Balaban J connectivity index is 1.89. The van der Waals surface area contributed by atoms with E-state index in [0.29, 0.717) is 13.2 Å². The maximum Gasteiger partial charge on any atom is 0.147 e. The lowest BCUT2D eigenvalue weighted by molar-refractivity contribution is 0.336. The number of nitrogens with one attached hydrogen (secondary N) is 1. The Bertz CT molecular complexity index is 723. The largest absolute Gasteiger partial charge is 0.492 e. The van der Waals surface area contributed by atoms with Crippen LogP contribution in [0.4, 0.5) is 0 Å². The SMILES string of the molecule is CCOc1ccc(OCC)c2[nH]c(CCc3ccccc3)nc12. The fourth-order valence-corrected chi connectivity index (χ4v) is 2.67. The molecule has 120 valence electrons. The van der Waals surface area contributed by atoms with Gasteiger partial charge in [-0.1, -0.05) is 30.3 Å². The molecule has 1 heterocycles.